The molecule has 0 aliphatic heterocycles. The van der Waals surface area contributed by atoms with Gasteiger partial charge in [-0.2, -0.15) is 5.26 Å². The first-order valence-electron chi connectivity index (χ1n) is 2.39. The molecular formula is C5H10N2O. The summed E-state index contributed by atoms with van der Waals surface area (Å²) in [5, 5.41) is 19.5. The van der Waals surface area contributed by atoms with Crippen molar-refractivity contribution < 1.29 is 5.11 Å². The van der Waals surface area contributed by atoms with Crippen LogP contribution >= 0.6 is 0 Å². The van der Waals surface area contributed by atoms with Crippen LogP contribution in [-0.4, -0.2) is 24.3 Å². The first kappa shape index (κ1) is 7.41. The van der Waals surface area contributed by atoms with Crippen molar-refractivity contribution in [2.75, 3.05) is 13.7 Å². The molecule has 0 aliphatic rings. The van der Waals surface area contributed by atoms with E-state index in [2.05, 4.69) is 5.32 Å². The van der Waals surface area contributed by atoms with Crippen LogP contribution in [0.3, 0.4) is 0 Å². The predicted molar refractivity (Wildman–Crippen MR) is 30.2 cm³/mol. The number of nitrogens with zero attached hydrogens (tertiary/aromatic N) is 1. The number of aliphatic hydroxyl groups excluding tert-OH is 1. The lowest BCUT2D eigenvalue weighted by Gasteiger charge is -2.15. The summed E-state index contributed by atoms with van der Waals surface area (Å²) >= 11 is 0. The molecule has 1 atom stereocenters. The quantitative estimate of drug-likeness (QED) is 0.508. The van der Waals surface area contributed by atoms with Crippen LogP contribution in [0.4, 0.5) is 0 Å². The van der Waals surface area contributed by atoms with Crippen molar-refractivity contribution in [1.82, 2.24) is 5.32 Å². The Hall–Kier alpha value is -0.590. The highest BCUT2D eigenvalue weighted by Crippen LogP contribution is 1.95. The number of hydrogen-bond donors (Lipinski definition) is 2. The third-order valence-electron chi connectivity index (χ3n) is 1.11. The lowest BCUT2D eigenvalue weighted by Crippen LogP contribution is -2.41. The van der Waals surface area contributed by atoms with Gasteiger partial charge in [-0.1, -0.05) is 0 Å². The van der Waals surface area contributed by atoms with E-state index in [9.17, 15) is 0 Å². The molecule has 1 unspecified atom stereocenters. The highest BCUT2D eigenvalue weighted by molar-refractivity contribution is 5.02. The van der Waals surface area contributed by atoms with Gasteiger partial charge in [-0.05, 0) is 14.0 Å². The average molecular weight is 114 g/mol. The lowest BCUT2D eigenvalue weighted by molar-refractivity contribution is 0.221. The number of rotatable bonds is 2. The number of aliphatic hydroxyl groups is 1. The summed E-state index contributed by atoms with van der Waals surface area (Å²) in [4.78, 5) is 0. The molecule has 2 N–H and O–H groups in total. The molecule has 0 aromatic rings. The third kappa shape index (κ3) is 1.49. The topological polar surface area (TPSA) is 56.0 Å². The van der Waals surface area contributed by atoms with Gasteiger partial charge in [-0.25, -0.2) is 0 Å². The minimum atomic E-state index is -0.764. The van der Waals surface area contributed by atoms with Crippen LogP contribution in [0.1, 0.15) is 6.92 Å². The molecule has 3 heteroatoms. The van der Waals surface area contributed by atoms with Crippen molar-refractivity contribution in [3.8, 4) is 6.07 Å². The van der Waals surface area contributed by atoms with Crippen molar-refractivity contribution in [2.24, 2.45) is 0 Å². The van der Waals surface area contributed by atoms with Gasteiger partial charge in [0.05, 0.1) is 12.7 Å². The molecule has 0 fully saturated rings. The maximum absolute atomic E-state index is 8.50. The van der Waals surface area contributed by atoms with Gasteiger partial charge >= 0.3 is 0 Å². The maximum atomic E-state index is 8.50. The number of likely N-dealkylation sites (N-methyl/N-ethyl adjacent to an activating group) is 1. The van der Waals surface area contributed by atoms with E-state index in [0.717, 1.165) is 0 Å². The second-order valence-corrected chi connectivity index (χ2v) is 1.85. The molecule has 0 aromatic heterocycles. The summed E-state index contributed by atoms with van der Waals surface area (Å²) in [6.07, 6.45) is 0. The molecule has 0 rings (SSSR count). The van der Waals surface area contributed by atoms with E-state index in [1.807, 2.05) is 6.07 Å². The van der Waals surface area contributed by atoms with Gasteiger partial charge in [0, 0.05) is 0 Å². The van der Waals surface area contributed by atoms with Gasteiger partial charge < -0.3 is 10.4 Å². The Bertz CT molecular complexity index is 101. The monoisotopic (exact) mass is 114 g/mol. The number of hydrogen-bond acceptors (Lipinski definition) is 3. The van der Waals surface area contributed by atoms with Crippen LogP contribution in [-0.2, 0) is 0 Å². The molecule has 3 nitrogen and oxygen atoms in total. The molecule has 0 heterocycles. The van der Waals surface area contributed by atoms with Crippen LogP contribution in [0.25, 0.3) is 0 Å². The van der Waals surface area contributed by atoms with E-state index >= 15 is 0 Å². The largest absolute Gasteiger partial charge is 0.393 e. The smallest absolute Gasteiger partial charge is 0.126 e. The number of nitriles is 1. The first-order valence-corrected chi connectivity index (χ1v) is 2.39. The summed E-state index contributed by atoms with van der Waals surface area (Å²) in [6, 6.07) is 1.92. The second-order valence-electron chi connectivity index (χ2n) is 1.85. The zero-order chi connectivity index (χ0) is 6.62. The third-order valence-corrected chi connectivity index (χ3v) is 1.11. The molecular weight excluding hydrogens is 104 g/mol. The summed E-state index contributed by atoms with van der Waals surface area (Å²) in [5.74, 6) is 0. The summed E-state index contributed by atoms with van der Waals surface area (Å²) in [5.41, 5.74) is -0.764. The number of nitrogens with one attached hydrogen (secondary N) is 1. The summed E-state index contributed by atoms with van der Waals surface area (Å²) in [7, 11) is 1.64. The highest BCUT2D eigenvalue weighted by atomic mass is 16.3. The van der Waals surface area contributed by atoms with E-state index in [-0.39, 0.29) is 6.61 Å². The zero-order valence-electron chi connectivity index (χ0n) is 5.10. The Morgan fingerprint density at radius 1 is 1.88 bits per heavy atom. The van der Waals surface area contributed by atoms with Crippen molar-refractivity contribution in [3.05, 3.63) is 0 Å². The van der Waals surface area contributed by atoms with Crippen LogP contribution in [0, 0.1) is 11.3 Å². The minimum absolute atomic E-state index is 0.153. The van der Waals surface area contributed by atoms with Gasteiger partial charge in [0.2, 0.25) is 0 Å². The molecule has 0 aliphatic carbocycles. The standard InChI is InChI=1S/C5H10N2O/c1-5(3-6,4-8)7-2/h7-8H,4H2,1-2H3. The van der Waals surface area contributed by atoms with Gasteiger partial charge in [0.25, 0.3) is 0 Å². The Kier molecular flexibility index (Phi) is 2.46. The Morgan fingerprint density at radius 2 is 2.38 bits per heavy atom. The fourth-order valence-corrected chi connectivity index (χ4v) is 0.170. The van der Waals surface area contributed by atoms with Gasteiger partial charge in [-0.15, -0.1) is 0 Å². The SMILES string of the molecule is CNC(C)(C#N)CO. The van der Waals surface area contributed by atoms with Gasteiger partial charge in [0.1, 0.15) is 5.54 Å². The molecule has 8 heavy (non-hydrogen) atoms. The van der Waals surface area contributed by atoms with Crippen LogP contribution in [0.15, 0.2) is 0 Å². The first-order chi connectivity index (χ1) is 3.68. The lowest BCUT2D eigenvalue weighted by atomic mass is 10.1. The van der Waals surface area contributed by atoms with Crippen molar-refractivity contribution in [1.29, 1.82) is 5.26 Å². The van der Waals surface area contributed by atoms with Crippen LogP contribution < -0.4 is 5.32 Å². The molecule has 46 valence electrons. The maximum Gasteiger partial charge on any atom is 0.126 e. The Morgan fingerprint density at radius 3 is 2.38 bits per heavy atom. The van der Waals surface area contributed by atoms with Crippen molar-refractivity contribution in [3.63, 3.8) is 0 Å². The highest BCUT2D eigenvalue weighted by Gasteiger charge is 2.18. The molecule has 0 spiro atoms. The van der Waals surface area contributed by atoms with E-state index < -0.39 is 5.54 Å². The molecule has 0 radical (unpaired) electrons. The van der Waals surface area contributed by atoms with E-state index in [1.165, 1.54) is 0 Å². The van der Waals surface area contributed by atoms with Crippen molar-refractivity contribution >= 4 is 0 Å². The summed E-state index contributed by atoms with van der Waals surface area (Å²) in [6.45, 7) is 1.48. The zero-order valence-corrected chi connectivity index (χ0v) is 5.10. The van der Waals surface area contributed by atoms with Gasteiger partial charge in [-0.3, -0.25) is 0 Å². The molecule has 0 saturated carbocycles. The van der Waals surface area contributed by atoms with E-state index in [4.69, 9.17) is 10.4 Å². The normalized spacial score (nSPS) is 16.8. The Labute approximate surface area is 48.9 Å². The summed E-state index contributed by atoms with van der Waals surface area (Å²) < 4.78 is 0. The minimum Gasteiger partial charge on any atom is -0.393 e. The molecule has 0 amide bonds. The molecule has 0 aromatic carbocycles. The van der Waals surface area contributed by atoms with Crippen molar-refractivity contribution in [2.45, 2.75) is 12.5 Å². The van der Waals surface area contributed by atoms with E-state index in [1.54, 1.807) is 14.0 Å². The fourth-order valence-electron chi connectivity index (χ4n) is 0.170. The average Bonchev–Trinajstić information content (AvgIpc) is 1.87. The molecule has 0 bridgehead atoms. The molecule has 0 saturated heterocycles. The van der Waals surface area contributed by atoms with Crippen LogP contribution in [0.2, 0.25) is 0 Å². The fraction of sp³-hybridized carbons (Fsp3) is 0.800. The predicted octanol–water partition coefficient (Wildman–Crippen LogP) is -0.520. The Balaban J connectivity index is 3.83. The second kappa shape index (κ2) is 2.65. The van der Waals surface area contributed by atoms with Crippen LogP contribution in [0.5, 0.6) is 0 Å². The van der Waals surface area contributed by atoms with Gasteiger partial charge in [0.15, 0.2) is 0 Å². The van der Waals surface area contributed by atoms with E-state index in [0.29, 0.717) is 0 Å².